The van der Waals surface area contributed by atoms with Crippen LogP contribution in [0.15, 0.2) is 36.0 Å². The van der Waals surface area contributed by atoms with Gasteiger partial charge < -0.3 is 15.7 Å². The van der Waals surface area contributed by atoms with Gasteiger partial charge in [0, 0.05) is 12.2 Å². The Kier molecular flexibility index (Phi) is 5.42. The van der Waals surface area contributed by atoms with Crippen LogP contribution in [0.2, 0.25) is 0 Å². The monoisotopic (exact) mass is 259 g/mol. The number of aromatic hydroxyl groups is 1. The van der Waals surface area contributed by atoms with Gasteiger partial charge in [0.2, 0.25) is 0 Å². The fourth-order valence-electron chi connectivity index (χ4n) is 1.26. The number of nitrogens with one attached hydrogen (secondary N) is 2. The quantitative estimate of drug-likeness (QED) is 0.429. The third kappa shape index (κ3) is 4.36. The highest BCUT2D eigenvalue weighted by Crippen LogP contribution is 2.21. The SMILES string of the molecule is CCC(C)N/C=C(/C#N)C(=O)Nc1ccccc1O. The lowest BCUT2D eigenvalue weighted by atomic mass is 10.2. The highest BCUT2D eigenvalue weighted by Gasteiger charge is 2.11. The molecule has 0 aliphatic heterocycles. The zero-order valence-corrected chi connectivity index (χ0v) is 11.0. The van der Waals surface area contributed by atoms with Crippen molar-refractivity contribution in [3.05, 3.63) is 36.0 Å². The molecule has 0 saturated heterocycles. The van der Waals surface area contributed by atoms with Crippen molar-refractivity contribution < 1.29 is 9.90 Å². The number of phenols is 1. The Hall–Kier alpha value is -2.48. The molecular formula is C14H17N3O2. The second-order valence-electron chi connectivity index (χ2n) is 4.12. The van der Waals surface area contributed by atoms with Crippen LogP contribution in [0.25, 0.3) is 0 Å². The number of carbonyl (C=O) groups excluding carboxylic acids is 1. The average molecular weight is 259 g/mol. The van der Waals surface area contributed by atoms with Gasteiger partial charge in [0.1, 0.15) is 17.4 Å². The predicted molar refractivity (Wildman–Crippen MR) is 73.3 cm³/mol. The van der Waals surface area contributed by atoms with Crippen LogP contribution in [0.1, 0.15) is 20.3 Å². The molecule has 1 aromatic carbocycles. The van der Waals surface area contributed by atoms with Gasteiger partial charge in [-0.1, -0.05) is 19.1 Å². The number of hydrogen-bond acceptors (Lipinski definition) is 4. The van der Waals surface area contributed by atoms with Gasteiger partial charge in [-0.15, -0.1) is 0 Å². The summed E-state index contributed by atoms with van der Waals surface area (Å²) in [5.41, 5.74) is 0.237. The Bertz CT molecular complexity index is 518. The molecule has 19 heavy (non-hydrogen) atoms. The van der Waals surface area contributed by atoms with Crippen LogP contribution in [-0.2, 0) is 4.79 Å². The third-order valence-corrected chi connectivity index (χ3v) is 2.64. The Morgan fingerprint density at radius 2 is 2.21 bits per heavy atom. The van der Waals surface area contributed by atoms with Gasteiger partial charge in [-0.3, -0.25) is 4.79 Å². The van der Waals surface area contributed by atoms with E-state index >= 15 is 0 Å². The molecule has 0 spiro atoms. The lowest BCUT2D eigenvalue weighted by Crippen LogP contribution is -2.22. The molecule has 0 bridgehead atoms. The van der Waals surface area contributed by atoms with E-state index in [0.29, 0.717) is 0 Å². The van der Waals surface area contributed by atoms with Crippen molar-refractivity contribution >= 4 is 11.6 Å². The van der Waals surface area contributed by atoms with Crippen LogP contribution in [0.3, 0.4) is 0 Å². The van der Waals surface area contributed by atoms with E-state index in [4.69, 9.17) is 5.26 Å². The fourth-order valence-corrected chi connectivity index (χ4v) is 1.26. The standard InChI is InChI=1S/C14H17N3O2/c1-3-10(2)16-9-11(8-15)14(19)17-12-6-4-5-7-13(12)18/h4-7,9-10,16,18H,3H2,1-2H3,(H,17,19)/b11-9-. The molecule has 1 amide bonds. The summed E-state index contributed by atoms with van der Waals surface area (Å²) in [6.07, 6.45) is 2.28. The van der Waals surface area contributed by atoms with Crippen LogP contribution in [0.4, 0.5) is 5.69 Å². The van der Waals surface area contributed by atoms with Gasteiger partial charge in [-0.05, 0) is 25.5 Å². The predicted octanol–water partition coefficient (Wildman–Crippen LogP) is 2.13. The first-order valence-electron chi connectivity index (χ1n) is 6.04. The second-order valence-corrected chi connectivity index (χ2v) is 4.12. The van der Waals surface area contributed by atoms with Crippen molar-refractivity contribution in [1.82, 2.24) is 5.32 Å². The lowest BCUT2D eigenvalue weighted by molar-refractivity contribution is -0.112. The minimum atomic E-state index is -0.556. The molecule has 5 nitrogen and oxygen atoms in total. The Morgan fingerprint density at radius 1 is 1.53 bits per heavy atom. The molecule has 100 valence electrons. The molecule has 1 aromatic rings. The van der Waals surface area contributed by atoms with Gasteiger partial charge in [-0.2, -0.15) is 5.26 Å². The molecule has 0 saturated carbocycles. The number of hydrogen-bond donors (Lipinski definition) is 3. The van der Waals surface area contributed by atoms with E-state index in [0.717, 1.165) is 6.42 Å². The van der Waals surface area contributed by atoms with Crippen molar-refractivity contribution in [3.8, 4) is 11.8 Å². The largest absolute Gasteiger partial charge is 0.506 e. The first-order valence-corrected chi connectivity index (χ1v) is 6.04. The fraction of sp³-hybridized carbons (Fsp3) is 0.286. The van der Waals surface area contributed by atoms with Gasteiger partial charge in [0.05, 0.1) is 5.69 Å². The molecule has 5 heteroatoms. The minimum Gasteiger partial charge on any atom is -0.506 e. The van der Waals surface area contributed by atoms with E-state index < -0.39 is 5.91 Å². The number of nitrogens with zero attached hydrogens (tertiary/aromatic N) is 1. The number of carbonyl (C=O) groups is 1. The molecule has 0 aliphatic carbocycles. The van der Waals surface area contributed by atoms with E-state index in [1.165, 1.54) is 12.3 Å². The lowest BCUT2D eigenvalue weighted by Gasteiger charge is -2.09. The topological polar surface area (TPSA) is 85.2 Å². The van der Waals surface area contributed by atoms with E-state index in [1.807, 2.05) is 19.9 Å². The Balaban J connectivity index is 2.76. The summed E-state index contributed by atoms with van der Waals surface area (Å²) in [7, 11) is 0. The second kappa shape index (κ2) is 7.07. The normalized spacial score (nSPS) is 12.4. The summed E-state index contributed by atoms with van der Waals surface area (Å²) in [5, 5.41) is 23.9. The third-order valence-electron chi connectivity index (χ3n) is 2.64. The van der Waals surface area contributed by atoms with Crippen molar-refractivity contribution in [3.63, 3.8) is 0 Å². The first kappa shape index (κ1) is 14.6. The highest BCUT2D eigenvalue weighted by molar-refractivity contribution is 6.07. The number of amides is 1. The van der Waals surface area contributed by atoms with Gasteiger partial charge in [0.25, 0.3) is 5.91 Å². The van der Waals surface area contributed by atoms with Crippen molar-refractivity contribution in [2.75, 3.05) is 5.32 Å². The Labute approximate surface area is 112 Å². The number of benzene rings is 1. The van der Waals surface area contributed by atoms with Crippen LogP contribution in [-0.4, -0.2) is 17.1 Å². The first-order chi connectivity index (χ1) is 9.08. The molecular weight excluding hydrogens is 242 g/mol. The van der Waals surface area contributed by atoms with Crippen molar-refractivity contribution in [1.29, 1.82) is 5.26 Å². The van der Waals surface area contributed by atoms with Crippen LogP contribution in [0, 0.1) is 11.3 Å². The zero-order chi connectivity index (χ0) is 14.3. The maximum absolute atomic E-state index is 11.8. The maximum Gasteiger partial charge on any atom is 0.267 e. The highest BCUT2D eigenvalue weighted by atomic mass is 16.3. The van der Waals surface area contributed by atoms with Crippen molar-refractivity contribution in [2.45, 2.75) is 26.3 Å². The molecule has 1 rings (SSSR count). The number of anilines is 1. The van der Waals surface area contributed by atoms with E-state index in [2.05, 4.69) is 10.6 Å². The maximum atomic E-state index is 11.8. The molecule has 0 aromatic heterocycles. The van der Waals surface area contributed by atoms with E-state index in [1.54, 1.807) is 18.2 Å². The molecule has 1 unspecified atom stereocenters. The molecule has 0 radical (unpaired) electrons. The summed E-state index contributed by atoms with van der Waals surface area (Å²) in [5.74, 6) is -0.595. The van der Waals surface area contributed by atoms with Crippen LogP contribution in [0.5, 0.6) is 5.75 Å². The van der Waals surface area contributed by atoms with Gasteiger partial charge >= 0.3 is 0 Å². The number of phenolic OH excluding ortho intramolecular Hbond substituents is 1. The molecule has 3 N–H and O–H groups in total. The van der Waals surface area contributed by atoms with Gasteiger partial charge in [0.15, 0.2) is 0 Å². The smallest absolute Gasteiger partial charge is 0.267 e. The summed E-state index contributed by atoms with van der Waals surface area (Å²) in [6.45, 7) is 3.95. The van der Waals surface area contributed by atoms with Crippen molar-refractivity contribution in [2.24, 2.45) is 0 Å². The van der Waals surface area contributed by atoms with E-state index in [9.17, 15) is 9.90 Å². The molecule has 0 heterocycles. The number of rotatable bonds is 5. The van der Waals surface area contributed by atoms with Crippen LogP contribution < -0.4 is 10.6 Å². The summed E-state index contributed by atoms with van der Waals surface area (Å²) < 4.78 is 0. The number of para-hydroxylation sites is 2. The summed E-state index contributed by atoms with van der Waals surface area (Å²) in [6, 6.07) is 8.36. The molecule has 0 aliphatic rings. The number of nitriles is 1. The average Bonchev–Trinajstić information content (AvgIpc) is 2.41. The molecule has 1 atom stereocenters. The zero-order valence-electron chi connectivity index (χ0n) is 11.0. The van der Waals surface area contributed by atoms with Gasteiger partial charge in [-0.25, -0.2) is 0 Å². The van der Waals surface area contributed by atoms with E-state index in [-0.39, 0.29) is 23.1 Å². The minimum absolute atomic E-state index is 0.0384. The molecule has 0 fully saturated rings. The summed E-state index contributed by atoms with van der Waals surface area (Å²) in [4.78, 5) is 11.8. The summed E-state index contributed by atoms with van der Waals surface area (Å²) >= 11 is 0. The van der Waals surface area contributed by atoms with Crippen LogP contribution >= 0.6 is 0 Å². The Morgan fingerprint density at radius 3 is 2.79 bits per heavy atom.